The number of rotatable bonds is 3. The number of benzene rings is 1. The molecule has 0 radical (unpaired) electrons. The molecule has 1 aliphatic heterocycles. The van der Waals surface area contributed by atoms with Crippen molar-refractivity contribution in [3.8, 4) is 23.3 Å². The normalized spacial score (nSPS) is 15.0. The van der Waals surface area contributed by atoms with Gasteiger partial charge in [-0.15, -0.1) is 0 Å². The molecule has 1 heterocycles. The molecule has 1 N–H and O–H groups in total. The van der Waals surface area contributed by atoms with Crippen molar-refractivity contribution in [2.75, 3.05) is 13.2 Å². The highest BCUT2D eigenvalue weighted by Gasteiger charge is 2.32. The molecule has 0 fully saturated rings. The van der Waals surface area contributed by atoms with Crippen molar-refractivity contribution in [2.45, 2.75) is 46.6 Å². The Morgan fingerprint density at radius 1 is 1.35 bits per heavy atom. The van der Waals surface area contributed by atoms with Gasteiger partial charge in [0, 0.05) is 17.4 Å². The van der Waals surface area contributed by atoms with Crippen molar-refractivity contribution < 1.29 is 14.3 Å². The number of carbonyl (C=O) groups is 1. The van der Waals surface area contributed by atoms with Crippen molar-refractivity contribution in [1.82, 2.24) is 5.32 Å². The maximum Gasteiger partial charge on any atom is 0.226 e. The number of amides is 1. The number of fused-ring (bicyclic) bond motifs is 1. The highest BCUT2D eigenvalue weighted by molar-refractivity contribution is 5.81. The van der Waals surface area contributed by atoms with Gasteiger partial charge in [0.15, 0.2) is 11.5 Å². The Balaban J connectivity index is 1.84. The quantitative estimate of drug-likeness (QED) is 0.873. The van der Waals surface area contributed by atoms with Gasteiger partial charge in [-0.25, -0.2) is 0 Å². The van der Waals surface area contributed by atoms with Gasteiger partial charge in [-0.2, -0.15) is 0 Å². The second kappa shape index (κ2) is 6.54. The second-order valence-electron chi connectivity index (χ2n) is 7.36. The van der Waals surface area contributed by atoms with Gasteiger partial charge in [0.1, 0.15) is 12.2 Å². The van der Waals surface area contributed by atoms with Crippen LogP contribution < -0.4 is 14.8 Å². The van der Waals surface area contributed by atoms with Crippen molar-refractivity contribution in [3.63, 3.8) is 0 Å². The van der Waals surface area contributed by atoms with E-state index in [0.29, 0.717) is 6.54 Å². The van der Waals surface area contributed by atoms with E-state index in [1.165, 1.54) is 0 Å². The molecule has 23 heavy (non-hydrogen) atoms. The van der Waals surface area contributed by atoms with Crippen LogP contribution in [-0.2, 0) is 11.2 Å². The van der Waals surface area contributed by atoms with E-state index < -0.39 is 5.41 Å². The largest absolute Gasteiger partial charge is 0.483 e. The van der Waals surface area contributed by atoms with Gasteiger partial charge in [-0.1, -0.05) is 44.7 Å². The lowest BCUT2D eigenvalue weighted by Gasteiger charge is -2.18. The zero-order valence-corrected chi connectivity index (χ0v) is 14.6. The average Bonchev–Trinajstić information content (AvgIpc) is 2.75. The van der Waals surface area contributed by atoms with Crippen molar-refractivity contribution >= 4 is 5.91 Å². The van der Waals surface area contributed by atoms with E-state index in [2.05, 4.69) is 37.1 Å². The van der Waals surface area contributed by atoms with E-state index in [0.717, 1.165) is 23.5 Å². The van der Waals surface area contributed by atoms with Gasteiger partial charge in [-0.05, 0) is 19.9 Å². The van der Waals surface area contributed by atoms with Crippen LogP contribution in [0.1, 0.15) is 40.2 Å². The van der Waals surface area contributed by atoms with Gasteiger partial charge < -0.3 is 14.8 Å². The Kier molecular flexibility index (Phi) is 4.89. The highest BCUT2D eigenvalue weighted by Crippen LogP contribution is 2.41. The first-order chi connectivity index (χ1) is 10.7. The van der Waals surface area contributed by atoms with Crippen LogP contribution in [0.15, 0.2) is 18.2 Å². The molecule has 0 bridgehead atoms. The van der Waals surface area contributed by atoms with Crippen molar-refractivity contribution in [3.05, 3.63) is 23.8 Å². The maximum absolute atomic E-state index is 11.7. The monoisotopic (exact) mass is 315 g/mol. The Morgan fingerprint density at radius 3 is 2.78 bits per heavy atom. The third-order valence-corrected chi connectivity index (χ3v) is 3.50. The molecule has 0 aliphatic carbocycles. The summed E-state index contributed by atoms with van der Waals surface area (Å²) < 4.78 is 11.6. The zero-order chi connectivity index (χ0) is 17.1. The summed E-state index contributed by atoms with van der Waals surface area (Å²) in [6, 6.07) is 5.92. The fourth-order valence-electron chi connectivity index (χ4n) is 2.32. The minimum Gasteiger partial charge on any atom is -0.483 e. The molecule has 1 amide bonds. The third kappa shape index (κ3) is 4.66. The molecule has 124 valence electrons. The van der Waals surface area contributed by atoms with Crippen LogP contribution in [-0.4, -0.2) is 24.7 Å². The van der Waals surface area contributed by atoms with E-state index in [-0.39, 0.29) is 18.1 Å². The summed E-state index contributed by atoms with van der Waals surface area (Å²) in [7, 11) is 0. The number of nitrogens with one attached hydrogen (secondary N) is 1. The minimum absolute atomic E-state index is 0.00997. The fourth-order valence-corrected chi connectivity index (χ4v) is 2.32. The molecule has 0 saturated carbocycles. The Hall–Kier alpha value is -2.15. The Bertz CT molecular complexity index is 645. The van der Waals surface area contributed by atoms with E-state index in [9.17, 15) is 4.79 Å². The molecule has 0 spiro atoms. The third-order valence-electron chi connectivity index (χ3n) is 3.50. The van der Waals surface area contributed by atoms with Crippen LogP contribution in [0.3, 0.4) is 0 Å². The molecular formula is C19H25NO3. The summed E-state index contributed by atoms with van der Waals surface area (Å²) in [4.78, 5) is 11.7. The number of para-hydroxylation sites is 1. The van der Waals surface area contributed by atoms with Crippen molar-refractivity contribution in [2.24, 2.45) is 5.41 Å². The van der Waals surface area contributed by atoms with Crippen LogP contribution in [0, 0.1) is 17.3 Å². The van der Waals surface area contributed by atoms with Gasteiger partial charge >= 0.3 is 0 Å². The first kappa shape index (κ1) is 17.2. The van der Waals surface area contributed by atoms with Crippen LogP contribution in [0.5, 0.6) is 11.5 Å². The highest BCUT2D eigenvalue weighted by atomic mass is 16.5. The number of hydrogen-bond acceptors (Lipinski definition) is 3. The van der Waals surface area contributed by atoms with E-state index >= 15 is 0 Å². The van der Waals surface area contributed by atoms with Gasteiger partial charge in [-0.3, -0.25) is 4.79 Å². The van der Waals surface area contributed by atoms with E-state index in [1.807, 2.05) is 32.9 Å². The Morgan fingerprint density at radius 2 is 2.09 bits per heavy atom. The summed E-state index contributed by atoms with van der Waals surface area (Å²) in [5, 5.41) is 2.78. The Labute approximate surface area is 138 Å². The standard InChI is InChI=1S/C19H25NO3/c1-18(2,3)17(21)20-11-6-7-12-22-15-10-8-9-14-13-19(4,5)23-16(14)15/h8-10H,11-13H2,1-5H3,(H,20,21). The molecule has 4 nitrogen and oxygen atoms in total. The number of carbonyl (C=O) groups excluding carboxylic acids is 1. The molecule has 0 saturated heterocycles. The molecule has 4 heteroatoms. The number of ether oxygens (including phenoxy) is 2. The summed E-state index contributed by atoms with van der Waals surface area (Å²) >= 11 is 0. The molecule has 0 aromatic heterocycles. The maximum atomic E-state index is 11.7. The van der Waals surface area contributed by atoms with Crippen LogP contribution in [0.25, 0.3) is 0 Å². The van der Waals surface area contributed by atoms with E-state index in [4.69, 9.17) is 9.47 Å². The zero-order valence-electron chi connectivity index (χ0n) is 14.6. The van der Waals surface area contributed by atoms with Crippen LogP contribution in [0.2, 0.25) is 0 Å². The average molecular weight is 315 g/mol. The summed E-state index contributed by atoms with van der Waals surface area (Å²) in [5.74, 6) is 7.34. The molecule has 0 atom stereocenters. The molecule has 1 aromatic rings. The van der Waals surface area contributed by atoms with Crippen LogP contribution in [0.4, 0.5) is 0 Å². The van der Waals surface area contributed by atoms with E-state index in [1.54, 1.807) is 0 Å². The topological polar surface area (TPSA) is 47.6 Å². The first-order valence-electron chi connectivity index (χ1n) is 7.87. The summed E-state index contributed by atoms with van der Waals surface area (Å²) in [6.45, 7) is 10.3. The smallest absolute Gasteiger partial charge is 0.226 e. The molecule has 0 unspecified atom stereocenters. The second-order valence-corrected chi connectivity index (χ2v) is 7.36. The molecule has 1 aromatic carbocycles. The summed E-state index contributed by atoms with van der Waals surface area (Å²) in [5.41, 5.74) is 0.579. The van der Waals surface area contributed by atoms with Gasteiger partial charge in [0.25, 0.3) is 0 Å². The molecular weight excluding hydrogens is 290 g/mol. The van der Waals surface area contributed by atoms with Crippen LogP contribution >= 0.6 is 0 Å². The predicted octanol–water partition coefficient (Wildman–Crippen LogP) is 2.94. The predicted molar refractivity (Wildman–Crippen MR) is 90.6 cm³/mol. The minimum atomic E-state index is -0.396. The fraction of sp³-hybridized carbons (Fsp3) is 0.526. The first-order valence-corrected chi connectivity index (χ1v) is 7.87. The lowest BCUT2D eigenvalue weighted by Crippen LogP contribution is -2.34. The molecule has 2 rings (SSSR count). The SMILES string of the molecule is CC1(C)Cc2cccc(OCC#CCNC(=O)C(C)(C)C)c2O1. The van der Waals surface area contributed by atoms with Crippen molar-refractivity contribution in [1.29, 1.82) is 0 Å². The molecule has 1 aliphatic rings. The summed E-state index contributed by atoms with van der Waals surface area (Å²) in [6.07, 6.45) is 0.879. The van der Waals surface area contributed by atoms with Gasteiger partial charge in [0.05, 0.1) is 6.54 Å². The van der Waals surface area contributed by atoms with Gasteiger partial charge in [0.2, 0.25) is 5.91 Å². The number of hydrogen-bond donors (Lipinski definition) is 1. The lowest BCUT2D eigenvalue weighted by molar-refractivity contribution is -0.128. The lowest BCUT2D eigenvalue weighted by atomic mass is 9.96.